The Bertz CT molecular complexity index is 2210. The van der Waals surface area contributed by atoms with Crippen LogP contribution in [-0.4, -0.2) is 74.9 Å². The summed E-state index contributed by atoms with van der Waals surface area (Å²) in [7, 11) is 1.44. The third-order valence-corrected chi connectivity index (χ3v) is 15.9. The van der Waals surface area contributed by atoms with Crippen molar-refractivity contribution >= 4 is 19.8 Å². The Morgan fingerprint density at radius 2 is 0.587 bits per heavy atom. The highest BCUT2D eigenvalue weighted by molar-refractivity contribution is 7.47. The molecule has 0 aromatic rings. The number of quaternary nitrogens is 1. The van der Waals surface area contributed by atoms with E-state index in [0.29, 0.717) is 17.4 Å². The number of phosphoric acid groups is 1. The van der Waals surface area contributed by atoms with E-state index in [1.54, 1.807) is 0 Å². The summed E-state index contributed by atoms with van der Waals surface area (Å²) in [6.45, 7) is 4.17. The second-order valence-electron chi connectivity index (χ2n) is 24.9. The number of allylic oxidation sites excluding steroid dienone is 30. The molecule has 0 radical (unpaired) electrons. The van der Waals surface area contributed by atoms with Gasteiger partial charge in [-0.15, -0.1) is 0 Å². The van der Waals surface area contributed by atoms with Gasteiger partial charge in [-0.05, 0) is 135 Å². The van der Waals surface area contributed by atoms with E-state index >= 15 is 0 Å². The molecule has 0 aliphatic carbocycles. The van der Waals surface area contributed by atoms with E-state index in [1.807, 2.05) is 21.1 Å². The van der Waals surface area contributed by atoms with Crippen molar-refractivity contribution in [1.82, 2.24) is 0 Å². The van der Waals surface area contributed by atoms with Crippen LogP contribution in [0.2, 0.25) is 0 Å². The van der Waals surface area contributed by atoms with Gasteiger partial charge in [0, 0.05) is 12.8 Å². The Balaban J connectivity index is 4.12. The fourth-order valence-corrected chi connectivity index (χ4v) is 10.2. The number of esters is 2. The van der Waals surface area contributed by atoms with Crippen molar-refractivity contribution in [1.29, 1.82) is 0 Å². The molecule has 0 spiro atoms. The summed E-state index contributed by atoms with van der Waals surface area (Å²) in [6.07, 6.45) is 109. The Morgan fingerprint density at radius 1 is 0.337 bits per heavy atom. The predicted octanol–water partition coefficient (Wildman–Crippen LogP) is 24.3. The number of hydrogen-bond donors (Lipinski definition) is 1. The van der Waals surface area contributed by atoms with Crippen LogP contribution in [-0.2, 0) is 32.7 Å². The molecule has 0 amide bonds. The van der Waals surface area contributed by atoms with Crippen LogP contribution in [0.4, 0.5) is 0 Å². The SMILES string of the molecule is CC/C=C\C/C=C\C/C=C\C/C=C\C/C=C\C/C=C\C/C=C\C/C=C\C/C=C\CCCCCCCC(=O)OC(COC(=O)CCCCCCCCCCCCCCCCCC/C=C\C/C=C\C/C=C\C/C=C\C/C=C\C/C=C\CC)COP(=O)(O)OCC[N+](C)(C)C. The maximum atomic E-state index is 12.9. The highest BCUT2D eigenvalue weighted by Crippen LogP contribution is 2.43. The molecule has 1 N–H and O–H groups in total. The highest BCUT2D eigenvalue weighted by Gasteiger charge is 2.27. The second kappa shape index (κ2) is 70.4. The molecule has 0 rings (SSSR count). The molecule has 9 nitrogen and oxygen atoms in total. The molecule has 0 aromatic heterocycles. The number of likely N-dealkylation sites (N-methyl/N-ethyl adjacent to an activating group) is 1. The maximum Gasteiger partial charge on any atom is 0.472 e. The molecule has 0 aromatic carbocycles. The number of carbonyl (C=O) groups is 2. The summed E-state index contributed by atoms with van der Waals surface area (Å²) in [4.78, 5) is 35.9. The first-order valence-corrected chi connectivity index (χ1v) is 38.0. The summed E-state index contributed by atoms with van der Waals surface area (Å²) in [5, 5.41) is 0. The van der Waals surface area contributed by atoms with Gasteiger partial charge in [-0.1, -0.05) is 305 Å². The molecule has 92 heavy (non-hydrogen) atoms. The van der Waals surface area contributed by atoms with Gasteiger partial charge in [0.15, 0.2) is 6.10 Å². The number of unbranched alkanes of at least 4 members (excludes halogenated alkanes) is 21. The quantitative estimate of drug-likeness (QED) is 0.0211. The van der Waals surface area contributed by atoms with E-state index in [1.165, 1.54) is 89.9 Å². The van der Waals surface area contributed by atoms with Crippen LogP contribution in [0.15, 0.2) is 182 Å². The lowest BCUT2D eigenvalue weighted by molar-refractivity contribution is -0.870. The molecule has 520 valence electrons. The normalized spacial score (nSPS) is 14.2. The Hall–Kier alpha value is -4.89. The van der Waals surface area contributed by atoms with Crippen molar-refractivity contribution in [2.75, 3.05) is 47.5 Å². The minimum Gasteiger partial charge on any atom is -0.462 e. The van der Waals surface area contributed by atoms with Crippen molar-refractivity contribution in [2.45, 2.75) is 277 Å². The third-order valence-electron chi connectivity index (χ3n) is 14.9. The fraction of sp³-hybridized carbons (Fsp3) is 0.610. The fourth-order valence-electron chi connectivity index (χ4n) is 9.42. The molecule has 0 fully saturated rings. The Morgan fingerprint density at radius 3 is 0.870 bits per heavy atom. The first kappa shape index (κ1) is 87.1. The molecule has 0 aliphatic rings. The second-order valence-corrected chi connectivity index (χ2v) is 26.3. The number of rotatable bonds is 65. The van der Waals surface area contributed by atoms with Crippen LogP contribution in [0.1, 0.15) is 271 Å². The van der Waals surface area contributed by atoms with Crippen LogP contribution in [0.5, 0.6) is 0 Å². The smallest absolute Gasteiger partial charge is 0.462 e. The van der Waals surface area contributed by atoms with Crippen molar-refractivity contribution in [3.63, 3.8) is 0 Å². The molecule has 10 heteroatoms. The topological polar surface area (TPSA) is 108 Å². The van der Waals surface area contributed by atoms with Crippen LogP contribution in [0.3, 0.4) is 0 Å². The van der Waals surface area contributed by atoms with E-state index in [2.05, 4.69) is 196 Å². The minimum absolute atomic E-state index is 0.0187. The van der Waals surface area contributed by atoms with E-state index in [-0.39, 0.29) is 32.0 Å². The van der Waals surface area contributed by atoms with Gasteiger partial charge in [0.05, 0.1) is 27.7 Å². The molecule has 0 heterocycles. The van der Waals surface area contributed by atoms with E-state index in [9.17, 15) is 19.0 Å². The van der Waals surface area contributed by atoms with Gasteiger partial charge in [0.1, 0.15) is 19.8 Å². The maximum absolute atomic E-state index is 12.9. The monoisotopic (exact) mass is 1290 g/mol. The lowest BCUT2D eigenvalue weighted by atomic mass is 10.0. The number of ether oxygens (including phenoxy) is 2. The molecule has 2 unspecified atom stereocenters. The van der Waals surface area contributed by atoms with Gasteiger partial charge in [-0.25, -0.2) is 4.57 Å². The van der Waals surface area contributed by atoms with Crippen LogP contribution < -0.4 is 0 Å². The molecule has 0 saturated carbocycles. The largest absolute Gasteiger partial charge is 0.472 e. The van der Waals surface area contributed by atoms with Gasteiger partial charge in [0.25, 0.3) is 0 Å². The number of nitrogens with zero attached hydrogens (tertiary/aromatic N) is 1. The van der Waals surface area contributed by atoms with E-state index in [0.717, 1.165) is 148 Å². The van der Waals surface area contributed by atoms with Crippen LogP contribution >= 0.6 is 7.82 Å². The molecule has 0 bridgehead atoms. The van der Waals surface area contributed by atoms with Crippen LogP contribution in [0, 0.1) is 0 Å². The van der Waals surface area contributed by atoms with Crippen LogP contribution in [0.25, 0.3) is 0 Å². The summed E-state index contributed by atoms with van der Waals surface area (Å²) in [5.41, 5.74) is 0. The van der Waals surface area contributed by atoms with Crippen molar-refractivity contribution in [2.24, 2.45) is 0 Å². The van der Waals surface area contributed by atoms with Crippen molar-refractivity contribution in [3.8, 4) is 0 Å². The summed E-state index contributed by atoms with van der Waals surface area (Å²) >= 11 is 0. The first-order chi connectivity index (χ1) is 45.0. The molecule has 0 aliphatic heterocycles. The zero-order valence-electron chi connectivity index (χ0n) is 59.2. The number of carbonyl (C=O) groups excluding carboxylic acids is 2. The summed E-state index contributed by atoms with van der Waals surface area (Å²) < 4.78 is 34.7. The van der Waals surface area contributed by atoms with E-state index < -0.39 is 26.5 Å². The van der Waals surface area contributed by atoms with Crippen molar-refractivity contribution < 1.29 is 42.1 Å². The van der Waals surface area contributed by atoms with Gasteiger partial charge in [-0.2, -0.15) is 0 Å². The average Bonchev–Trinajstić information content (AvgIpc) is 2.23. The first-order valence-electron chi connectivity index (χ1n) is 36.5. The van der Waals surface area contributed by atoms with Crippen molar-refractivity contribution in [3.05, 3.63) is 182 Å². The Kier molecular flexibility index (Phi) is 66.7. The lowest BCUT2D eigenvalue weighted by Crippen LogP contribution is -2.37. The van der Waals surface area contributed by atoms with Gasteiger partial charge >= 0.3 is 19.8 Å². The number of phosphoric ester groups is 1. The van der Waals surface area contributed by atoms with Gasteiger partial charge in [-0.3, -0.25) is 18.6 Å². The van der Waals surface area contributed by atoms with Gasteiger partial charge < -0.3 is 18.9 Å². The molecule has 0 saturated heterocycles. The van der Waals surface area contributed by atoms with E-state index in [4.69, 9.17) is 18.5 Å². The zero-order valence-corrected chi connectivity index (χ0v) is 60.1. The average molecular weight is 1290 g/mol. The molecular weight excluding hydrogens is 1160 g/mol. The predicted molar refractivity (Wildman–Crippen MR) is 399 cm³/mol. The lowest BCUT2D eigenvalue weighted by Gasteiger charge is -2.24. The zero-order chi connectivity index (χ0) is 66.9. The van der Waals surface area contributed by atoms with Gasteiger partial charge in [0.2, 0.25) is 0 Å². The minimum atomic E-state index is -4.41. The number of hydrogen-bond acceptors (Lipinski definition) is 7. The highest BCUT2D eigenvalue weighted by atomic mass is 31.2. The standard InChI is InChI=1S/C82H134NO8P/c1-6-8-10-12-14-16-18-20-22-24-26-28-30-32-34-36-38-40-41-43-44-46-48-50-52-54-56-58-60-62-64-66-68-70-72-74-81(84)88-78-80(79-90-92(86,87)89-77-76-83(3,4)5)91-82(85)75-73-71-69-67-65-63-61-59-57-55-53-51-49-47-45-42-39-37-35-33-31-29-27-25-23-21-19-17-15-13-11-9-7-2/h8-11,14-17,20-23,26-29,32-35,38-40,42,47,49,53,55,59,61,80H,6-7,12-13,18-19,24-25,30-31,36-37,41,43-46,48,50-52,54,56-58,60,62-79H2,1-5H3/p+1/b10-8-,11-9-,16-14-,17-15-,22-20-,23-21-,28-26-,29-27-,34-32-,35-33-,40-38-,42-39-,49-47-,55-53-,61-59-. The molecular formula is C82H135NO8P+. The molecule has 2 atom stereocenters. The Labute approximate surface area is 565 Å². The summed E-state index contributed by atoms with van der Waals surface area (Å²) in [6, 6.07) is 0. The summed E-state index contributed by atoms with van der Waals surface area (Å²) in [5.74, 6) is -0.827. The third kappa shape index (κ3) is 74.2.